The number of alkyl halides is 2. The van der Waals surface area contributed by atoms with E-state index in [-0.39, 0.29) is 5.91 Å². The summed E-state index contributed by atoms with van der Waals surface area (Å²) < 4.78 is 26.8. The quantitative estimate of drug-likeness (QED) is 0.662. The standard InChI is InChI=1S/C10H7BrF2INO/c11-7-3-1-2-6(8(7)14)9(16)15-4-10(12,13)5-15/h1-3H,4-5H2. The fraction of sp³-hybridized carbons (Fsp3) is 0.300. The molecule has 86 valence electrons. The zero-order valence-corrected chi connectivity index (χ0v) is 11.8. The van der Waals surface area contributed by atoms with Crippen molar-refractivity contribution in [3.8, 4) is 0 Å². The third-order valence-corrected chi connectivity index (χ3v) is 4.88. The van der Waals surface area contributed by atoms with Crippen LogP contribution in [0.2, 0.25) is 0 Å². The van der Waals surface area contributed by atoms with E-state index in [2.05, 4.69) is 15.9 Å². The second-order valence-electron chi connectivity index (χ2n) is 3.62. The van der Waals surface area contributed by atoms with Crippen LogP contribution in [-0.4, -0.2) is 29.8 Å². The molecule has 0 aromatic heterocycles. The second-order valence-corrected chi connectivity index (χ2v) is 5.55. The van der Waals surface area contributed by atoms with E-state index >= 15 is 0 Å². The van der Waals surface area contributed by atoms with Crippen molar-refractivity contribution < 1.29 is 13.6 Å². The Morgan fingerprint density at radius 1 is 1.44 bits per heavy atom. The van der Waals surface area contributed by atoms with Gasteiger partial charge in [0.15, 0.2) is 0 Å². The van der Waals surface area contributed by atoms with E-state index in [1.165, 1.54) is 0 Å². The molecule has 1 amide bonds. The van der Waals surface area contributed by atoms with Crippen molar-refractivity contribution in [3.05, 3.63) is 31.8 Å². The van der Waals surface area contributed by atoms with Gasteiger partial charge in [0.1, 0.15) is 0 Å². The molecule has 1 aliphatic heterocycles. The highest BCUT2D eigenvalue weighted by Crippen LogP contribution is 2.30. The predicted molar refractivity (Wildman–Crippen MR) is 67.7 cm³/mol. The Labute approximate surface area is 113 Å². The van der Waals surface area contributed by atoms with Gasteiger partial charge in [0, 0.05) is 8.04 Å². The second kappa shape index (κ2) is 4.21. The largest absolute Gasteiger partial charge is 0.326 e. The normalized spacial score (nSPS) is 18.1. The number of likely N-dealkylation sites (tertiary alicyclic amines) is 1. The van der Waals surface area contributed by atoms with Crippen LogP contribution >= 0.6 is 38.5 Å². The van der Waals surface area contributed by atoms with Gasteiger partial charge in [-0.25, -0.2) is 8.78 Å². The first-order valence-corrected chi connectivity index (χ1v) is 6.39. The SMILES string of the molecule is O=C(c1cccc(Br)c1I)N1CC(F)(F)C1. The summed E-state index contributed by atoms with van der Waals surface area (Å²) in [7, 11) is 0. The van der Waals surface area contributed by atoms with E-state index in [4.69, 9.17) is 0 Å². The maximum atomic E-state index is 12.6. The van der Waals surface area contributed by atoms with Gasteiger partial charge in [0.25, 0.3) is 11.8 Å². The molecule has 0 spiro atoms. The molecule has 0 radical (unpaired) electrons. The molecule has 16 heavy (non-hydrogen) atoms. The smallest absolute Gasteiger partial charge is 0.282 e. The van der Waals surface area contributed by atoms with Gasteiger partial charge in [-0.3, -0.25) is 4.79 Å². The highest BCUT2D eigenvalue weighted by atomic mass is 127. The van der Waals surface area contributed by atoms with Crippen molar-refractivity contribution in [2.24, 2.45) is 0 Å². The number of amides is 1. The highest BCUT2D eigenvalue weighted by molar-refractivity contribution is 14.1. The summed E-state index contributed by atoms with van der Waals surface area (Å²) in [5, 5.41) is 0. The molecule has 0 unspecified atom stereocenters. The molecule has 0 aliphatic carbocycles. The summed E-state index contributed by atoms with van der Waals surface area (Å²) in [6.45, 7) is -0.956. The van der Waals surface area contributed by atoms with E-state index in [0.717, 1.165) is 12.9 Å². The Kier molecular flexibility index (Phi) is 3.22. The average Bonchev–Trinajstić information content (AvgIpc) is 2.17. The Hall–Kier alpha value is -0.240. The van der Waals surface area contributed by atoms with Crippen molar-refractivity contribution >= 4 is 44.4 Å². The summed E-state index contributed by atoms with van der Waals surface area (Å²) in [6, 6.07) is 5.17. The first-order chi connectivity index (χ1) is 7.41. The number of hydrogen-bond donors (Lipinski definition) is 0. The van der Waals surface area contributed by atoms with Gasteiger partial charge in [-0.05, 0) is 50.7 Å². The average molecular weight is 402 g/mol. The maximum absolute atomic E-state index is 12.6. The number of hydrogen-bond acceptors (Lipinski definition) is 1. The number of benzene rings is 1. The topological polar surface area (TPSA) is 20.3 Å². The van der Waals surface area contributed by atoms with Gasteiger partial charge >= 0.3 is 0 Å². The molecular formula is C10H7BrF2INO. The minimum Gasteiger partial charge on any atom is -0.326 e. The van der Waals surface area contributed by atoms with Gasteiger partial charge in [-0.1, -0.05) is 6.07 Å². The third kappa shape index (κ3) is 2.22. The molecule has 1 fully saturated rings. The zero-order valence-electron chi connectivity index (χ0n) is 8.01. The number of carbonyl (C=O) groups is 1. The van der Waals surface area contributed by atoms with Gasteiger partial charge in [-0.2, -0.15) is 0 Å². The molecular weight excluding hydrogens is 395 g/mol. The van der Waals surface area contributed by atoms with Crippen molar-refractivity contribution in [1.29, 1.82) is 0 Å². The molecule has 1 aliphatic rings. The van der Waals surface area contributed by atoms with Crippen LogP contribution in [0.15, 0.2) is 22.7 Å². The lowest BCUT2D eigenvalue weighted by Gasteiger charge is -2.38. The van der Waals surface area contributed by atoms with Gasteiger partial charge in [-0.15, -0.1) is 0 Å². The lowest BCUT2D eigenvalue weighted by molar-refractivity contribution is -0.113. The molecule has 1 heterocycles. The minimum absolute atomic E-state index is 0.336. The van der Waals surface area contributed by atoms with E-state index in [1.807, 2.05) is 28.7 Å². The number of halogens is 4. The molecule has 1 aromatic carbocycles. The maximum Gasteiger partial charge on any atom is 0.282 e. The lowest BCUT2D eigenvalue weighted by Crippen LogP contribution is -2.58. The monoisotopic (exact) mass is 401 g/mol. The number of nitrogens with zero attached hydrogens (tertiary/aromatic N) is 1. The Morgan fingerprint density at radius 2 is 2.06 bits per heavy atom. The van der Waals surface area contributed by atoms with Crippen LogP contribution < -0.4 is 0 Å². The number of rotatable bonds is 1. The molecule has 1 aromatic rings. The van der Waals surface area contributed by atoms with E-state index in [9.17, 15) is 13.6 Å². The summed E-state index contributed by atoms with van der Waals surface area (Å²) in [6.07, 6.45) is 0. The fourth-order valence-corrected chi connectivity index (χ4v) is 2.45. The van der Waals surface area contributed by atoms with Crippen LogP contribution in [0.5, 0.6) is 0 Å². The van der Waals surface area contributed by atoms with Crippen LogP contribution in [0.1, 0.15) is 10.4 Å². The van der Waals surface area contributed by atoms with Gasteiger partial charge in [0.2, 0.25) is 0 Å². The van der Waals surface area contributed by atoms with Crippen molar-refractivity contribution in [2.75, 3.05) is 13.1 Å². The van der Waals surface area contributed by atoms with Crippen LogP contribution in [0.4, 0.5) is 8.78 Å². The van der Waals surface area contributed by atoms with Crippen molar-refractivity contribution in [1.82, 2.24) is 4.90 Å². The molecule has 0 bridgehead atoms. The first-order valence-electron chi connectivity index (χ1n) is 4.52. The molecule has 2 rings (SSSR count). The van der Waals surface area contributed by atoms with Crippen LogP contribution in [0, 0.1) is 3.57 Å². The molecule has 6 heteroatoms. The third-order valence-electron chi connectivity index (χ3n) is 2.31. The number of carbonyl (C=O) groups excluding carboxylic acids is 1. The van der Waals surface area contributed by atoms with Crippen LogP contribution in [-0.2, 0) is 0 Å². The van der Waals surface area contributed by atoms with E-state index in [1.54, 1.807) is 12.1 Å². The van der Waals surface area contributed by atoms with Gasteiger partial charge < -0.3 is 4.90 Å². The van der Waals surface area contributed by atoms with Gasteiger partial charge in [0.05, 0.1) is 18.7 Å². The lowest BCUT2D eigenvalue weighted by atomic mass is 10.1. The molecule has 0 atom stereocenters. The van der Waals surface area contributed by atoms with Crippen molar-refractivity contribution in [2.45, 2.75) is 5.92 Å². The molecule has 0 saturated carbocycles. The van der Waals surface area contributed by atoms with E-state index < -0.39 is 19.0 Å². The summed E-state index contributed by atoms with van der Waals surface area (Å²) in [4.78, 5) is 13.0. The Balaban J connectivity index is 2.20. The Morgan fingerprint density at radius 3 is 2.62 bits per heavy atom. The van der Waals surface area contributed by atoms with Crippen molar-refractivity contribution in [3.63, 3.8) is 0 Å². The molecule has 0 N–H and O–H groups in total. The summed E-state index contributed by atoms with van der Waals surface area (Å²) in [5.41, 5.74) is 0.463. The summed E-state index contributed by atoms with van der Waals surface area (Å²) in [5.74, 6) is -3.05. The minimum atomic E-state index is -2.72. The molecule has 1 saturated heterocycles. The summed E-state index contributed by atoms with van der Waals surface area (Å²) >= 11 is 5.32. The zero-order chi connectivity index (χ0) is 11.9. The fourth-order valence-electron chi connectivity index (χ4n) is 1.50. The van der Waals surface area contributed by atoms with Crippen LogP contribution in [0.3, 0.4) is 0 Å². The van der Waals surface area contributed by atoms with Crippen LogP contribution in [0.25, 0.3) is 0 Å². The predicted octanol–water partition coefficient (Wildman–Crippen LogP) is 3.14. The first kappa shape index (κ1) is 12.2. The van der Waals surface area contributed by atoms with E-state index in [0.29, 0.717) is 5.56 Å². The molecule has 2 nitrogen and oxygen atoms in total. The highest BCUT2D eigenvalue weighted by Gasteiger charge is 2.46. The Bertz CT molecular complexity index is 444.